The summed E-state index contributed by atoms with van der Waals surface area (Å²) in [5.41, 5.74) is 29.7. The van der Waals surface area contributed by atoms with E-state index >= 15 is 0 Å². The van der Waals surface area contributed by atoms with E-state index in [1.54, 1.807) is 0 Å². The Balaban J connectivity index is 1.17. The minimum atomic E-state index is 0.810. The van der Waals surface area contributed by atoms with E-state index in [0.29, 0.717) is 0 Å². The minimum Gasteiger partial charge on any atom is -0.241 e. The number of aryl methyl sites for hydroxylation is 12. The van der Waals surface area contributed by atoms with Crippen LogP contribution in [0.25, 0.3) is 196 Å². The van der Waals surface area contributed by atoms with E-state index in [4.69, 9.17) is 9.97 Å². The molecule has 0 radical (unpaired) electrons. The van der Waals surface area contributed by atoms with Gasteiger partial charge in [-0.05, 0) is 430 Å². The summed E-state index contributed by atoms with van der Waals surface area (Å²) in [6.07, 6.45) is 0. The molecular formula is C88H62Br2N2. The number of rotatable bonds is 6. The van der Waals surface area contributed by atoms with Gasteiger partial charge in [-0.15, -0.1) is 0 Å². The van der Waals surface area contributed by atoms with Crippen LogP contribution in [-0.4, -0.2) is 9.97 Å². The third-order valence-electron chi connectivity index (χ3n) is 21.5. The lowest BCUT2D eigenvalue weighted by molar-refractivity contribution is 1.28. The topological polar surface area (TPSA) is 25.8 Å². The highest BCUT2D eigenvalue weighted by Gasteiger charge is 2.34. The van der Waals surface area contributed by atoms with Crippen molar-refractivity contribution in [2.45, 2.75) is 83.1 Å². The normalized spacial score (nSPS) is 12.7. The molecule has 19 aromatic rings. The van der Waals surface area contributed by atoms with Crippen molar-refractivity contribution in [2.24, 2.45) is 0 Å². The van der Waals surface area contributed by atoms with Gasteiger partial charge in [0.1, 0.15) is 9.21 Å². The lowest BCUT2D eigenvalue weighted by atomic mass is 9.71. The van der Waals surface area contributed by atoms with E-state index in [1.807, 2.05) is 12.1 Å². The fourth-order valence-electron chi connectivity index (χ4n) is 18.8. The summed E-state index contributed by atoms with van der Waals surface area (Å²) in [7, 11) is 0. The molecule has 0 bridgehead atoms. The van der Waals surface area contributed by atoms with Crippen molar-refractivity contribution in [3.05, 3.63) is 234 Å². The summed E-state index contributed by atoms with van der Waals surface area (Å²) in [6, 6.07) is 62.5. The second-order valence-corrected chi connectivity index (χ2v) is 29.3. The zero-order chi connectivity index (χ0) is 62.7. The van der Waals surface area contributed by atoms with Crippen molar-refractivity contribution >= 4 is 161 Å². The van der Waals surface area contributed by atoms with Gasteiger partial charge in [0, 0.05) is 11.1 Å². The molecule has 0 N–H and O–H groups in total. The largest absolute Gasteiger partial charge is 0.241 e. The number of pyridine rings is 2. The monoisotopic (exact) mass is 1300 g/mol. The first-order valence-corrected chi connectivity index (χ1v) is 33.9. The van der Waals surface area contributed by atoms with Gasteiger partial charge in [-0.25, -0.2) is 9.97 Å². The number of nitrogens with zero attached hydrogens (tertiary/aromatic N) is 2. The Kier molecular flexibility index (Phi) is 11.1. The summed E-state index contributed by atoms with van der Waals surface area (Å²) in [5, 5.41) is 31.4. The first kappa shape index (κ1) is 54.4. The molecule has 0 saturated heterocycles. The molecule has 17 aromatic carbocycles. The van der Waals surface area contributed by atoms with Gasteiger partial charge in [-0.2, -0.15) is 0 Å². The molecule has 4 heteroatoms. The third-order valence-corrected chi connectivity index (χ3v) is 22.3. The number of fused-ring (bicyclic) bond motifs is 6. The van der Waals surface area contributed by atoms with Crippen molar-refractivity contribution in [3.8, 4) is 67.0 Å². The fraction of sp³-hybridized carbons (Fsp3) is 0.136. The molecule has 0 fully saturated rings. The zero-order valence-corrected chi connectivity index (χ0v) is 56.8. The van der Waals surface area contributed by atoms with Crippen LogP contribution in [0.4, 0.5) is 0 Å². The molecule has 0 aliphatic carbocycles. The van der Waals surface area contributed by atoms with Crippen LogP contribution in [0.5, 0.6) is 0 Å². The van der Waals surface area contributed by atoms with Gasteiger partial charge < -0.3 is 0 Å². The maximum Gasteiger partial charge on any atom is 0.106 e. The zero-order valence-electron chi connectivity index (χ0n) is 53.7. The number of benzene rings is 17. The van der Waals surface area contributed by atoms with Gasteiger partial charge in [-0.3, -0.25) is 0 Å². The van der Waals surface area contributed by atoms with Gasteiger partial charge >= 0.3 is 0 Å². The Hall–Kier alpha value is -9.32. The summed E-state index contributed by atoms with van der Waals surface area (Å²) >= 11 is 7.67. The Morgan fingerprint density at radius 1 is 0.207 bits per heavy atom. The number of halogens is 2. The highest BCUT2D eigenvalue weighted by Crippen LogP contribution is 2.63. The van der Waals surface area contributed by atoms with Crippen LogP contribution >= 0.6 is 31.9 Å². The third kappa shape index (κ3) is 7.20. The van der Waals surface area contributed by atoms with Crippen molar-refractivity contribution in [1.29, 1.82) is 0 Å². The lowest BCUT2D eigenvalue weighted by Gasteiger charge is -2.31. The highest BCUT2D eigenvalue weighted by atomic mass is 79.9. The van der Waals surface area contributed by atoms with Gasteiger partial charge in [0.25, 0.3) is 0 Å². The molecular weight excluding hydrogens is 1240 g/mol. The number of hydrogen-bond donors (Lipinski definition) is 0. The standard InChI is InChI=1S/C88H62Br2N2/c1-39-19-43(5)73(44(6)20-39)53-31-61-59-29-51(69-15-13-17-71(89)91-69)27-57-58-28-52(70-16-14-18-72(90)92-70)30-60-62-32-54(74-45(7)21-40(2)22-46(74)8)34-64-66-36-56(76-49(11)25-42(4)26-50(76)12)38-68-67-37-55(75-47(9)23-41(3)24-48(75)10)35-65-63(33-53)79(61)85-83(77(57)59)84(78(58)60)86(80(62)64)88(82(66)68)87(85)81(65)67/h13-38H,1-12H3. The summed E-state index contributed by atoms with van der Waals surface area (Å²) in [5.74, 6) is 0. The van der Waals surface area contributed by atoms with Crippen LogP contribution in [0.15, 0.2) is 167 Å². The van der Waals surface area contributed by atoms with Gasteiger partial charge in [0.2, 0.25) is 0 Å². The van der Waals surface area contributed by atoms with Crippen LogP contribution in [-0.2, 0) is 0 Å². The van der Waals surface area contributed by atoms with Gasteiger partial charge in [0.15, 0.2) is 0 Å². The SMILES string of the molecule is Cc1cc(C)c(-c2cc3c4cc(-c5cccc(Br)n5)cc5c6cc(-c7cccc(Br)n7)cc7c8cc(-c9c(C)cc(C)cc9C)cc9c%10cc(-c%11c(C)cc(C)cc%11C)cc%11c%12cc(-c%13c(C)cc(C)cc%13C)cc%13c(c2)c3c2c(c54)c(c67)c(c89)c(c%10%11)c2c%13%12)c(C)c1. The summed E-state index contributed by atoms with van der Waals surface area (Å²) in [4.78, 5) is 10.5. The summed E-state index contributed by atoms with van der Waals surface area (Å²) in [6.45, 7) is 27.5. The molecule has 0 amide bonds. The highest BCUT2D eigenvalue weighted by molar-refractivity contribution is 9.10. The maximum absolute atomic E-state index is 5.27. The molecule has 438 valence electrons. The minimum absolute atomic E-state index is 0.810. The van der Waals surface area contributed by atoms with Gasteiger partial charge in [0.05, 0.1) is 11.4 Å². The molecule has 0 atom stereocenters. The molecule has 19 rings (SSSR count). The van der Waals surface area contributed by atoms with Crippen LogP contribution in [0.2, 0.25) is 0 Å². The predicted octanol–water partition coefficient (Wildman–Crippen LogP) is 26.2. The molecule has 0 aliphatic rings. The molecule has 92 heavy (non-hydrogen) atoms. The predicted molar refractivity (Wildman–Crippen MR) is 404 cm³/mol. The van der Waals surface area contributed by atoms with Crippen molar-refractivity contribution in [3.63, 3.8) is 0 Å². The fourth-order valence-corrected chi connectivity index (χ4v) is 19.5. The van der Waals surface area contributed by atoms with Gasteiger partial charge in [-0.1, -0.05) is 82.9 Å². The van der Waals surface area contributed by atoms with Crippen LogP contribution in [0, 0.1) is 83.1 Å². The van der Waals surface area contributed by atoms with E-state index < -0.39 is 0 Å². The van der Waals surface area contributed by atoms with Crippen molar-refractivity contribution in [2.75, 3.05) is 0 Å². The first-order chi connectivity index (χ1) is 44.3. The lowest BCUT2D eigenvalue weighted by Crippen LogP contribution is -2.02. The average molecular weight is 1310 g/mol. The van der Waals surface area contributed by atoms with Crippen LogP contribution < -0.4 is 0 Å². The van der Waals surface area contributed by atoms with Crippen LogP contribution in [0.3, 0.4) is 0 Å². The molecule has 0 aliphatic heterocycles. The van der Waals surface area contributed by atoms with Crippen LogP contribution in [0.1, 0.15) is 66.8 Å². The number of aromatic nitrogens is 2. The molecule has 2 aromatic heterocycles. The quantitative estimate of drug-likeness (QED) is 0.0942. The Bertz CT molecular complexity index is 6030. The maximum atomic E-state index is 5.27. The summed E-state index contributed by atoms with van der Waals surface area (Å²) < 4.78 is 1.62. The van der Waals surface area contributed by atoms with E-state index in [1.165, 1.54) is 241 Å². The van der Waals surface area contributed by atoms with E-state index in [-0.39, 0.29) is 0 Å². The van der Waals surface area contributed by atoms with E-state index in [2.05, 4.69) is 261 Å². The second-order valence-electron chi connectivity index (χ2n) is 27.7. The molecule has 0 saturated carbocycles. The van der Waals surface area contributed by atoms with Crippen molar-refractivity contribution in [1.82, 2.24) is 9.97 Å². The second kappa shape index (κ2) is 18.7. The Labute approximate surface area is 550 Å². The smallest absolute Gasteiger partial charge is 0.106 e. The first-order valence-electron chi connectivity index (χ1n) is 32.3. The van der Waals surface area contributed by atoms with E-state index in [0.717, 1.165) is 31.7 Å². The molecule has 0 unspecified atom stereocenters. The Morgan fingerprint density at radius 3 is 0.554 bits per heavy atom. The molecule has 0 spiro atoms. The Morgan fingerprint density at radius 2 is 0.380 bits per heavy atom. The van der Waals surface area contributed by atoms with Crippen molar-refractivity contribution < 1.29 is 0 Å². The molecule has 2 heterocycles. The van der Waals surface area contributed by atoms with E-state index in [9.17, 15) is 0 Å². The number of hydrogen-bond acceptors (Lipinski definition) is 2. The molecule has 2 nitrogen and oxygen atoms in total. The average Bonchev–Trinajstić information content (AvgIpc) is 0.642.